The average molecular weight is 308 g/mol. The third kappa shape index (κ3) is 11.0. The number of hydroxylamine groups is 1. The molecule has 0 aliphatic rings. The molecule has 1 aromatic rings. The van der Waals surface area contributed by atoms with Crippen LogP contribution in [0.5, 0.6) is 0 Å². The summed E-state index contributed by atoms with van der Waals surface area (Å²) in [6.07, 6.45) is 0. The molecule has 4 N–H and O–H groups in total. The fourth-order valence-electron chi connectivity index (χ4n) is 0.871. The second kappa shape index (κ2) is 10.3. The van der Waals surface area contributed by atoms with Gasteiger partial charge in [0.1, 0.15) is 0 Å². The predicted molar refractivity (Wildman–Crippen MR) is 78.0 cm³/mol. The van der Waals surface area contributed by atoms with Crippen LogP contribution in [0.1, 0.15) is 26.3 Å². The van der Waals surface area contributed by atoms with Gasteiger partial charge in [0.2, 0.25) is 0 Å². The maximum atomic E-state index is 10.6. The Morgan fingerprint density at radius 1 is 1.37 bits per heavy atom. The van der Waals surface area contributed by atoms with Crippen LogP contribution < -0.4 is 11.2 Å². The first-order valence-corrected chi connectivity index (χ1v) is 7.51. The smallest absolute Gasteiger partial charge is 0.328 e. The lowest BCUT2D eigenvalue weighted by atomic mass is 10.2. The summed E-state index contributed by atoms with van der Waals surface area (Å²) >= 11 is 5.71. The van der Waals surface area contributed by atoms with Crippen LogP contribution in [0.15, 0.2) is 24.3 Å². The molecule has 0 heterocycles. The maximum absolute atomic E-state index is 10.6. The summed E-state index contributed by atoms with van der Waals surface area (Å²) in [5, 5.41) is 0.665. The number of hydrogen-bond donors (Lipinski definition) is 3. The van der Waals surface area contributed by atoms with E-state index in [9.17, 15) is 4.57 Å². The van der Waals surface area contributed by atoms with Crippen molar-refractivity contribution in [3.05, 3.63) is 34.9 Å². The normalized spacial score (nSPS) is 12.7. The van der Waals surface area contributed by atoms with Gasteiger partial charge in [-0.2, -0.15) is 10.4 Å². The quantitative estimate of drug-likeness (QED) is 0.575. The first-order chi connectivity index (χ1) is 8.82. The summed E-state index contributed by atoms with van der Waals surface area (Å²) < 4.78 is 10.6. The van der Waals surface area contributed by atoms with E-state index in [1.807, 2.05) is 26.0 Å². The molecule has 0 fully saturated rings. The van der Waals surface area contributed by atoms with Gasteiger partial charge in [0, 0.05) is 11.9 Å². The Labute approximate surface area is 119 Å². The van der Waals surface area contributed by atoms with Crippen LogP contribution in [-0.2, 0) is 16.0 Å². The molecule has 0 saturated carbocycles. The summed E-state index contributed by atoms with van der Waals surface area (Å²) in [5.41, 5.74) is 8.53. The van der Waals surface area contributed by atoms with Gasteiger partial charge in [0.25, 0.3) is 5.78 Å². The molecular weight excluding hydrogens is 287 g/mol. The predicted octanol–water partition coefficient (Wildman–Crippen LogP) is 2.80. The Hall–Kier alpha value is -0.550. The molecule has 1 aromatic carbocycles. The molecule has 0 amide bonds. The van der Waals surface area contributed by atoms with Crippen molar-refractivity contribution in [2.75, 3.05) is 0 Å². The number of nitrogens with one attached hydrogen (secondary N) is 1. The largest absolute Gasteiger partial charge is 0.526 e. The second-order valence-corrected chi connectivity index (χ2v) is 6.07. The van der Waals surface area contributed by atoms with Crippen LogP contribution in [-0.4, -0.2) is 16.7 Å². The van der Waals surface area contributed by atoms with Crippen LogP contribution in [0.25, 0.3) is 0 Å². The number of nitrogens with two attached hydrogens (primary N) is 1. The van der Waals surface area contributed by atoms with Crippen molar-refractivity contribution in [1.82, 2.24) is 5.48 Å². The topological polar surface area (TPSA) is 84.6 Å². The van der Waals surface area contributed by atoms with Gasteiger partial charge in [0.05, 0.1) is 6.61 Å². The SMILES string of the molecule is CC(C)N.CC(NOCc1ccc(Cl)cc1)[P+](=O)O. The lowest BCUT2D eigenvalue weighted by molar-refractivity contribution is 0.0218. The highest BCUT2D eigenvalue weighted by atomic mass is 35.5. The van der Waals surface area contributed by atoms with E-state index < -0.39 is 13.8 Å². The molecule has 2 atom stereocenters. The van der Waals surface area contributed by atoms with E-state index in [0.717, 1.165) is 5.56 Å². The van der Waals surface area contributed by atoms with E-state index in [1.165, 1.54) is 0 Å². The first-order valence-electron chi connectivity index (χ1n) is 5.85. The second-order valence-electron chi connectivity index (χ2n) is 4.26. The zero-order chi connectivity index (χ0) is 14.8. The Bertz CT molecular complexity index is 371. The summed E-state index contributed by atoms with van der Waals surface area (Å²) in [6.45, 7) is 5.78. The molecule has 108 valence electrons. The van der Waals surface area contributed by atoms with Gasteiger partial charge in [-0.25, -0.2) is 0 Å². The van der Waals surface area contributed by atoms with Crippen LogP contribution in [0.3, 0.4) is 0 Å². The molecule has 0 bridgehead atoms. The Morgan fingerprint density at radius 3 is 2.26 bits per heavy atom. The summed E-state index contributed by atoms with van der Waals surface area (Å²) in [6, 6.07) is 7.51. The van der Waals surface area contributed by atoms with E-state index in [0.29, 0.717) is 17.7 Å². The van der Waals surface area contributed by atoms with Crippen molar-refractivity contribution < 1.29 is 14.3 Å². The van der Waals surface area contributed by atoms with Gasteiger partial charge in [-0.05, 0) is 28.3 Å². The van der Waals surface area contributed by atoms with Crippen LogP contribution in [0, 0.1) is 0 Å². The fourth-order valence-corrected chi connectivity index (χ4v) is 1.16. The van der Waals surface area contributed by atoms with E-state index in [1.54, 1.807) is 19.1 Å². The van der Waals surface area contributed by atoms with Gasteiger partial charge in [-0.1, -0.05) is 37.6 Å². The summed E-state index contributed by atoms with van der Waals surface area (Å²) in [7, 11) is -2.25. The molecule has 2 unspecified atom stereocenters. The number of hydrogen-bond acceptors (Lipinski definition) is 4. The van der Waals surface area contributed by atoms with Gasteiger partial charge in [-0.15, -0.1) is 0 Å². The van der Waals surface area contributed by atoms with Gasteiger partial charge >= 0.3 is 8.03 Å². The van der Waals surface area contributed by atoms with Crippen molar-refractivity contribution in [2.24, 2.45) is 5.73 Å². The van der Waals surface area contributed by atoms with E-state index in [2.05, 4.69) is 5.48 Å². The first kappa shape index (κ1) is 18.4. The molecule has 19 heavy (non-hydrogen) atoms. The molecule has 1 rings (SSSR count). The Morgan fingerprint density at radius 2 is 1.84 bits per heavy atom. The molecule has 0 saturated heterocycles. The molecule has 0 aliphatic heterocycles. The lowest BCUT2D eigenvalue weighted by Gasteiger charge is -2.04. The highest BCUT2D eigenvalue weighted by Crippen LogP contribution is 2.18. The Kier molecular flexibility index (Phi) is 9.97. The molecule has 0 aliphatic carbocycles. The highest BCUT2D eigenvalue weighted by molar-refractivity contribution is 7.38. The van der Waals surface area contributed by atoms with Crippen molar-refractivity contribution in [3.8, 4) is 0 Å². The standard InChI is InChI=1S/C9H11ClNO3P.C3H9N/c1-7(15(12)13)11-14-6-8-2-4-9(10)5-3-8;1-3(2)4/h2-5,7,11H,6H2,1H3;3H,4H2,1-2H3/p+1. The maximum Gasteiger partial charge on any atom is 0.526 e. The minimum absolute atomic E-state index is 0.324. The minimum Gasteiger partial charge on any atom is -0.328 e. The lowest BCUT2D eigenvalue weighted by Crippen LogP contribution is -2.22. The summed E-state index contributed by atoms with van der Waals surface area (Å²) in [4.78, 5) is 13.7. The molecule has 0 radical (unpaired) electrons. The third-order valence-corrected chi connectivity index (χ3v) is 2.76. The zero-order valence-corrected chi connectivity index (χ0v) is 13.0. The van der Waals surface area contributed by atoms with Crippen molar-refractivity contribution in [2.45, 2.75) is 39.2 Å². The van der Waals surface area contributed by atoms with E-state index in [-0.39, 0.29) is 0 Å². The number of benzene rings is 1. The Balaban J connectivity index is 0.000000711. The van der Waals surface area contributed by atoms with Gasteiger partial charge < -0.3 is 5.73 Å². The van der Waals surface area contributed by atoms with Crippen molar-refractivity contribution in [1.29, 1.82) is 0 Å². The third-order valence-electron chi connectivity index (χ3n) is 1.74. The summed E-state index contributed by atoms with van der Waals surface area (Å²) in [5.74, 6) is -0.577. The van der Waals surface area contributed by atoms with Gasteiger partial charge in [-0.3, -0.25) is 4.84 Å². The molecule has 7 heteroatoms. The zero-order valence-electron chi connectivity index (χ0n) is 11.3. The average Bonchev–Trinajstić information content (AvgIpc) is 2.30. The monoisotopic (exact) mass is 307 g/mol. The van der Waals surface area contributed by atoms with Crippen molar-refractivity contribution in [3.63, 3.8) is 0 Å². The minimum atomic E-state index is -2.25. The van der Waals surface area contributed by atoms with Crippen LogP contribution in [0.2, 0.25) is 5.02 Å². The molecular formula is C12H21ClN2O3P+. The van der Waals surface area contributed by atoms with E-state index in [4.69, 9.17) is 27.1 Å². The van der Waals surface area contributed by atoms with E-state index >= 15 is 0 Å². The highest BCUT2D eigenvalue weighted by Gasteiger charge is 2.22. The molecule has 0 aromatic heterocycles. The molecule has 5 nitrogen and oxygen atoms in total. The number of rotatable bonds is 5. The van der Waals surface area contributed by atoms with Crippen LogP contribution >= 0.6 is 19.6 Å². The van der Waals surface area contributed by atoms with Crippen LogP contribution in [0.4, 0.5) is 0 Å². The number of halogens is 1. The molecule has 0 spiro atoms. The van der Waals surface area contributed by atoms with Gasteiger partial charge in [0.15, 0.2) is 0 Å². The fraction of sp³-hybridized carbons (Fsp3) is 0.500. The van der Waals surface area contributed by atoms with Crippen molar-refractivity contribution >= 4 is 19.6 Å².